The maximum atomic E-state index is 13.3. The number of benzene rings is 3. The molecule has 6 nitrogen and oxygen atoms in total. The summed E-state index contributed by atoms with van der Waals surface area (Å²) in [6.45, 7) is 0.540. The van der Waals surface area contributed by atoms with E-state index in [1.165, 1.54) is 0 Å². The highest BCUT2D eigenvalue weighted by Gasteiger charge is 2.22. The standard InChI is InChI=1S/C27H25NO5/c1-32-25-12-18-7-8-28-24(22(18)13-26(25)33-16-17-5-3-2-4-6-17)11-19-9-20(14-29)21(15-30)10-23(19)27(28)31/h2-6,9-13,29-30H,7-8,14-16H2,1H3. The quantitative estimate of drug-likeness (QED) is 0.474. The molecule has 5 rings (SSSR count). The van der Waals surface area contributed by atoms with Gasteiger partial charge in [-0.1, -0.05) is 30.3 Å². The minimum Gasteiger partial charge on any atom is -0.493 e. The first-order valence-corrected chi connectivity index (χ1v) is 10.9. The van der Waals surface area contributed by atoms with Crippen LogP contribution in [0.4, 0.5) is 0 Å². The van der Waals surface area contributed by atoms with Gasteiger partial charge in [0.1, 0.15) is 6.61 Å². The summed E-state index contributed by atoms with van der Waals surface area (Å²) in [4.78, 5) is 13.3. The van der Waals surface area contributed by atoms with E-state index in [1.807, 2.05) is 48.5 Å². The molecule has 2 heterocycles. The molecule has 0 saturated carbocycles. The van der Waals surface area contributed by atoms with Crippen molar-refractivity contribution in [2.24, 2.45) is 0 Å². The molecule has 0 unspecified atom stereocenters. The summed E-state index contributed by atoms with van der Waals surface area (Å²) in [6.07, 6.45) is 0.699. The molecule has 0 aliphatic carbocycles. The maximum absolute atomic E-state index is 13.3. The number of aromatic nitrogens is 1. The first-order chi connectivity index (χ1) is 16.1. The minimum absolute atomic E-state index is 0.102. The number of aliphatic hydroxyl groups is 2. The van der Waals surface area contributed by atoms with E-state index in [2.05, 4.69) is 0 Å². The molecule has 1 aliphatic rings. The van der Waals surface area contributed by atoms with E-state index < -0.39 is 0 Å². The Morgan fingerprint density at radius 2 is 1.70 bits per heavy atom. The molecule has 2 N–H and O–H groups in total. The van der Waals surface area contributed by atoms with Gasteiger partial charge in [0.15, 0.2) is 11.5 Å². The highest BCUT2D eigenvalue weighted by atomic mass is 16.5. The molecule has 4 aromatic rings. The Morgan fingerprint density at radius 3 is 2.42 bits per heavy atom. The van der Waals surface area contributed by atoms with Crippen LogP contribution in [0.3, 0.4) is 0 Å². The van der Waals surface area contributed by atoms with Gasteiger partial charge in [0.2, 0.25) is 0 Å². The first kappa shape index (κ1) is 21.2. The van der Waals surface area contributed by atoms with Crippen molar-refractivity contribution < 1.29 is 19.7 Å². The van der Waals surface area contributed by atoms with Crippen molar-refractivity contribution in [2.75, 3.05) is 7.11 Å². The number of hydrogen-bond acceptors (Lipinski definition) is 5. The van der Waals surface area contributed by atoms with Crippen molar-refractivity contribution in [2.45, 2.75) is 32.8 Å². The zero-order valence-corrected chi connectivity index (χ0v) is 18.4. The molecular formula is C27H25NO5. The molecule has 0 amide bonds. The van der Waals surface area contributed by atoms with Crippen LogP contribution in [0.5, 0.6) is 11.5 Å². The number of fused-ring (bicyclic) bond motifs is 4. The molecule has 0 saturated heterocycles. The molecule has 1 aromatic heterocycles. The van der Waals surface area contributed by atoms with E-state index >= 15 is 0 Å². The molecule has 0 atom stereocenters. The van der Waals surface area contributed by atoms with Crippen molar-refractivity contribution in [3.05, 3.63) is 93.3 Å². The monoisotopic (exact) mass is 443 g/mol. The lowest BCUT2D eigenvalue weighted by atomic mass is 9.94. The average molecular weight is 443 g/mol. The number of hydrogen-bond donors (Lipinski definition) is 2. The fourth-order valence-electron chi connectivity index (χ4n) is 4.52. The van der Waals surface area contributed by atoms with Crippen LogP contribution in [-0.4, -0.2) is 21.9 Å². The molecule has 0 fully saturated rings. The lowest BCUT2D eigenvalue weighted by molar-refractivity contribution is 0.260. The average Bonchev–Trinajstić information content (AvgIpc) is 2.86. The summed E-state index contributed by atoms with van der Waals surface area (Å²) in [5.74, 6) is 1.28. The van der Waals surface area contributed by atoms with Gasteiger partial charge in [-0.15, -0.1) is 0 Å². The summed E-state index contributed by atoms with van der Waals surface area (Å²) in [7, 11) is 1.63. The van der Waals surface area contributed by atoms with Crippen LogP contribution in [0.15, 0.2) is 65.5 Å². The first-order valence-electron chi connectivity index (χ1n) is 10.9. The number of aryl methyl sites for hydroxylation is 1. The number of ether oxygens (including phenoxy) is 2. The van der Waals surface area contributed by atoms with Crippen molar-refractivity contribution in [3.63, 3.8) is 0 Å². The normalized spacial score (nSPS) is 12.3. The van der Waals surface area contributed by atoms with Gasteiger partial charge >= 0.3 is 0 Å². The van der Waals surface area contributed by atoms with Gasteiger partial charge in [-0.25, -0.2) is 0 Å². The van der Waals surface area contributed by atoms with E-state index in [0.717, 1.165) is 27.8 Å². The Hall–Kier alpha value is -3.61. The topological polar surface area (TPSA) is 80.9 Å². The second kappa shape index (κ2) is 8.73. The lowest BCUT2D eigenvalue weighted by Gasteiger charge is -2.24. The summed E-state index contributed by atoms with van der Waals surface area (Å²) in [5.41, 5.74) is 4.97. The third-order valence-electron chi connectivity index (χ3n) is 6.28. The van der Waals surface area contributed by atoms with Crippen LogP contribution < -0.4 is 15.0 Å². The van der Waals surface area contributed by atoms with Gasteiger partial charge in [-0.3, -0.25) is 4.79 Å². The van der Waals surface area contributed by atoms with Crippen LogP contribution in [0.25, 0.3) is 22.0 Å². The second-order valence-electron chi connectivity index (χ2n) is 8.20. The van der Waals surface area contributed by atoms with E-state index in [1.54, 1.807) is 23.8 Å². The zero-order chi connectivity index (χ0) is 22.9. The lowest BCUT2D eigenvalue weighted by Crippen LogP contribution is -2.26. The second-order valence-corrected chi connectivity index (χ2v) is 8.20. The Bertz CT molecular complexity index is 1390. The third-order valence-corrected chi connectivity index (χ3v) is 6.28. The van der Waals surface area contributed by atoms with Gasteiger partial charge in [0.25, 0.3) is 5.56 Å². The van der Waals surface area contributed by atoms with Gasteiger partial charge in [-0.05, 0) is 64.4 Å². The van der Waals surface area contributed by atoms with Gasteiger partial charge < -0.3 is 24.3 Å². The third kappa shape index (κ3) is 3.77. The molecular weight excluding hydrogens is 418 g/mol. The summed E-state index contributed by atoms with van der Waals surface area (Å²) in [6, 6.07) is 19.3. The Kier molecular flexibility index (Phi) is 5.62. The van der Waals surface area contributed by atoms with Gasteiger partial charge in [-0.2, -0.15) is 0 Å². The fraction of sp³-hybridized carbons (Fsp3) is 0.222. The van der Waals surface area contributed by atoms with Gasteiger partial charge in [0, 0.05) is 17.5 Å². The summed E-state index contributed by atoms with van der Waals surface area (Å²) in [5, 5.41) is 20.6. The maximum Gasteiger partial charge on any atom is 0.258 e. The molecule has 0 spiro atoms. The minimum atomic E-state index is -0.224. The molecule has 168 valence electrons. The predicted octanol–water partition coefficient (Wildman–Crippen LogP) is 3.80. The van der Waals surface area contributed by atoms with E-state index in [9.17, 15) is 15.0 Å². The predicted molar refractivity (Wildman–Crippen MR) is 127 cm³/mol. The number of aliphatic hydroxyl groups excluding tert-OH is 2. The van der Waals surface area contributed by atoms with E-state index in [-0.39, 0.29) is 18.8 Å². The van der Waals surface area contributed by atoms with Crippen LogP contribution in [0, 0.1) is 0 Å². The summed E-state index contributed by atoms with van der Waals surface area (Å²) < 4.78 is 13.5. The molecule has 3 aromatic carbocycles. The van der Waals surface area contributed by atoms with Crippen molar-refractivity contribution in [1.29, 1.82) is 0 Å². The number of nitrogens with zero attached hydrogens (tertiary/aromatic N) is 1. The molecule has 0 bridgehead atoms. The number of methoxy groups -OCH3 is 1. The fourth-order valence-corrected chi connectivity index (χ4v) is 4.52. The highest BCUT2D eigenvalue weighted by Crippen LogP contribution is 2.39. The van der Waals surface area contributed by atoms with Gasteiger partial charge in [0.05, 0.1) is 26.0 Å². The van der Waals surface area contributed by atoms with Crippen LogP contribution >= 0.6 is 0 Å². The Morgan fingerprint density at radius 1 is 0.939 bits per heavy atom. The van der Waals surface area contributed by atoms with Crippen LogP contribution in [0.1, 0.15) is 22.3 Å². The smallest absolute Gasteiger partial charge is 0.258 e. The van der Waals surface area contributed by atoms with Crippen molar-refractivity contribution in [3.8, 4) is 22.8 Å². The van der Waals surface area contributed by atoms with Crippen LogP contribution in [-0.2, 0) is 32.8 Å². The largest absolute Gasteiger partial charge is 0.493 e. The highest BCUT2D eigenvalue weighted by molar-refractivity contribution is 5.88. The number of pyridine rings is 1. The SMILES string of the molecule is COc1cc2c(cc1OCc1ccccc1)-c1cc3cc(CO)c(CO)cc3c(=O)n1CC2. The molecule has 6 heteroatoms. The summed E-state index contributed by atoms with van der Waals surface area (Å²) >= 11 is 0. The Labute approximate surface area is 191 Å². The Balaban J connectivity index is 1.63. The number of rotatable bonds is 6. The van der Waals surface area contributed by atoms with Crippen molar-refractivity contribution in [1.82, 2.24) is 4.57 Å². The van der Waals surface area contributed by atoms with Crippen LogP contribution in [0.2, 0.25) is 0 Å². The van der Waals surface area contributed by atoms with Crippen molar-refractivity contribution >= 4 is 10.8 Å². The molecule has 1 aliphatic heterocycles. The van der Waals surface area contributed by atoms with E-state index in [0.29, 0.717) is 47.6 Å². The zero-order valence-electron chi connectivity index (χ0n) is 18.4. The molecule has 33 heavy (non-hydrogen) atoms. The van der Waals surface area contributed by atoms with E-state index in [4.69, 9.17) is 9.47 Å². The molecule has 0 radical (unpaired) electrons.